The molecule has 3 nitrogen and oxygen atoms in total. The second-order valence-corrected chi connectivity index (χ2v) is 2.77. The standard InChI is InChI=1S/C10H8F2O3/c1-6(14)7-3-2-4-9(8(7)5-13)15-10(11)12/h2-5,10H,1H3. The first-order chi connectivity index (χ1) is 7.06. The van der Waals surface area contributed by atoms with Crippen molar-refractivity contribution < 1.29 is 23.1 Å². The SMILES string of the molecule is CC(=O)c1cccc(OC(F)F)c1C=O. The number of benzene rings is 1. The molecule has 0 saturated heterocycles. The van der Waals surface area contributed by atoms with Crippen molar-refractivity contribution in [3.8, 4) is 5.75 Å². The highest BCUT2D eigenvalue weighted by Crippen LogP contribution is 2.22. The van der Waals surface area contributed by atoms with E-state index in [0.717, 1.165) is 0 Å². The Kier molecular flexibility index (Phi) is 3.49. The van der Waals surface area contributed by atoms with E-state index >= 15 is 0 Å². The zero-order valence-corrected chi connectivity index (χ0v) is 7.87. The van der Waals surface area contributed by atoms with E-state index < -0.39 is 6.61 Å². The van der Waals surface area contributed by atoms with Crippen LogP contribution in [-0.4, -0.2) is 18.7 Å². The molecule has 0 aromatic heterocycles. The maximum atomic E-state index is 11.9. The minimum absolute atomic E-state index is 0.0724. The first-order valence-electron chi connectivity index (χ1n) is 4.10. The molecule has 0 aliphatic rings. The Morgan fingerprint density at radius 3 is 2.60 bits per heavy atom. The van der Waals surface area contributed by atoms with Crippen LogP contribution in [0.25, 0.3) is 0 Å². The molecule has 0 heterocycles. The number of ketones is 1. The highest BCUT2D eigenvalue weighted by atomic mass is 19.3. The topological polar surface area (TPSA) is 43.4 Å². The zero-order valence-electron chi connectivity index (χ0n) is 7.87. The number of ether oxygens (including phenoxy) is 1. The molecule has 0 spiro atoms. The lowest BCUT2D eigenvalue weighted by Gasteiger charge is -2.08. The van der Waals surface area contributed by atoms with E-state index in [9.17, 15) is 18.4 Å². The van der Waals surface area contributed by atoms with Gasteiger partial charge in [0.15, 0.2) is 12.1 Å². The summed E-state index contributed by atoms with van der Waals surface area (Å²) >= 11 is 0. The third-order valence-corrected chi connectivity index (χ3v) is 1.78. The largest absolute Gasteiger partial charge is 0.434 e. The van der Waals surface area contributed by atoms with Gasteiger partial charge in [-0.1, -0.05) is 12.1 Å². The predicted octanol–water partition coefficient (Wildman–Crippen LogP) is 2.30. The Bertz CT molecular complexity index is 388. The molecule has 1 aromatic rings. The van der Waals surface area contributed by atoms with Crippen LogP contribution in [0.1, 0.15) is 27.6 Å². The van der Waals surface area contributed by atoms with Gasteiger partial charge in [-0.2, -0.15) is 8.78 Å². The Hall–Kier alpha value is -1.78. The lowest BCUT2D eigenvalue weighted by atomic mass is 10.0. The number of hydrogen-bond acceptors (Lipinski definition) is 3. The number of carbonyl (C=O) groups is 2. The van der Waals surface area contributed by atoms with Crippen LogP contribution in [-0.2, 0) is 0 Å². The van der Waals surface area contributed by atoms with Gasteiger partial charge < -0.3 is 4.74 Å². The van der Waals surface area contributed by atoms with Crippen molar-refractivity contribution in [2.45, 2.75) is 13.5 Å². The van der Waals surface area contributed by atoms with Crippen molar-refractivity contribution in [1.82, 2.24) is 0 Å². The second kappa shape index (κ2) is 4.63. The fourth-order valence-corrected chi connectivity index (χ4v) is 1.17. The zero-order chi connectivity index (χ0) is 11.4. The minimum Gasteiger partial charge on any atom is -0.434 e. The van der Waals surface area contributed by atoms with Crippen molar-refractivity contribution in [3.63, 3.8) is 0 Å². The van der Waals surface area contributed by atoms with Crippen LogP contribution in [0.2, 0.25) is 0 Å². The number of halogens is 2. The van der Waals surface area contributed by atoms with Crippen LogP contribution < -0.4 is 4.74 Å². The van der Waals surface area contributed by atoms with Crippen molar-refractivity contribution in [3.05, 3.63) is 29.3 Å². The van der Waals surface area contributed by atoms with Crippen LogP contribution in [0.4, 0.5) is 8.78 Å². The summed E-state index contributed by atoms with van der Waals surface area (Å²) in [6, 6.07) is 3.97. The van der Waals surface area contributed by atoms with Crippen molar-refractivity contribution >= 4 is 12.1 Å². The summed E-state index contributed by atoms with van der Waals surface area (Å²) in [5.74, 6) is -0.662. The Labute approximate surface area is 84.7 Å². The average molecular weight is 214 g/mol. The summed E-state index contributed by atoms with van der Waals surface area (Å²) in [5, 5.41) is 0. The van der Waals surface area contributed by atoms with Gasteiger partial charge in [-0.3, -0.25) is 9.59 Å². The van der Waals surface area contributed by atoms with E-state index in [2.05, 4.69) is 4.74 Å². The maximum Gasteiger partial charge on any atom is 0.387 e. The van der Waals surface area contributed by atoms with E-state index in [0.29, 0.717) is 6.29 Å². The number of alkyl halides is 2. The summed E-state index contributed by atoms with van der Waals surface area (Å²) in [6.45, 7) is -1.78. The van der Waals surface area contributed by atoms with E-state index in [1.54, 1.807) is 0 Å². The smallest absolute Gasteiger partial charge is 0.387 e. The highest BCUT2D eigenvalue weighted by Gasteiger charge is 2.14. The first kappa shape index (κ1) is 11.3. The molecule has 0 amide bonds. The van der Waals surface area contributed by atoms with Crippen molar-refractivity contribution in [2.75, 3.05) is 0 Å². The summed E-state index contributed by atoms with van der Waals surface area (Å²) in [4.78, 5) is 21.7. The molecule has 15 heavy (non-hydrogen) atoms. The molecule has 0 saturated carbocycles. The molecule has 1 rings (SSSR count). The number of Topliss-reactive ketones (excluding diaryl/α,β-unsaturated/α-hetero) is 1. The number of hydrogen-bond donors (Lipinski definition) is 0. The van der Waals surface area contributed by atoms with Gasteiger partial charge in [0.25, 0.3) is 0 Å². The molecule has 0 N–H and O–H groups in total. The molecular formula is C10H8F2O3. The quantitative estimate of drug-likeness (QED) is 0.570. The van der Waals surface area contributed by atoms with Gasteiger partial charge in [0.2, 0.25) is 0 Å². The molecule has 0 unspecified atom stereocenters. The number of aldehydes is 1. The summed E-state index contributed by atoms with van der Waals surface area (Å²) < 4.78 is 28.0. The molecule has 1 aromatic carbocycles. The summed E-state index contributed by atoms with van der Waals surface area (Å²) in [7, 11) is 0. The van der Waals surface area contributed by atoms with Crippen LogP contribution in [0.3, 0.4) is 0 Å². The van der Waals surface area contributed by atoms with Gasteiger partial charge in [-0.05, 0) is 13.0 Å². The van der Waals surface area contributed by atoms with Gasteiger partial charge >= 0.3 is 6.61 Å². The third kappa shape index (κ3) is 2.59. The Morgan fingerprint density at radius 2 is 2.13 bits per heavy atom. The van der Waals surface area contributed by atoms with Crippen LogP contribution >= 0.6 is 0 Å². The molecule has 0 bridgehead atoms. The molecule has 0 fully saturated rings. The molecule has 80 valence electrons. The Morgan fingerprint density at radius 1 is 1.47 bits per heavy atom. The molecule has 0 aliphatic heterocycles. The van der Waals surface area contributed by atoms with Gasteiger partial charge in [-0.15, -0.1) is 0 Å². The second-order valence-electron chi connectivity index (χ2n) is 2.77. The van der Waals surface area contributed by atoms with Crippen LogP contribution in [0, 0.1) is 0 Å². The lowest BCUT2D eigenvalue weighted by molar-refractivity contribution is -0.0501. The summed E-state index contributed by atoms with van der Waals surface area (Å²) in [6.07, 6.45) is 0.328. The van der Waals surface area contributed by atoms with Crippen LogP contribution in [0.5, 0.6) is 5.75 Å². The predicted molar refractivity (Wildman–Crippen MR) is 48.5 cm³/mol. The van der Waals surface area contributed by atoms with Crippen molar-refractivity contribution in [2.24, 2.45) is 0 Å². The highest BCUT2D eigenvalue weighted by molar-refractivity contribution is 6.02. The minimum atomic E-state index is -3.02. The molecule has 0 radical (unpaired) electrons. The van der Waals surface area contributed by atoms with E-state index in [-0.39, 0.29) is 22.7 Å². The van der Waals surface area contributed by atoms with Gasteiger partial charge in [0, 0.05) is 5.56 Å². The fraction of sp³-hybridized carbons (Fsp3) is 0.200. The Balaban J connectivity index is 3.22. The maximum absolute atomic E-state index is 11.9. The number of rotatable bonds is 4. The fourth-order valence-electron chi connectivity index (χ4n) is 1.17. The third-order valence-electron chi connectivity index (χ3n) is 1.78. The monoisotopic (exact) mass is 214 g/mol. The van der Waals surface area contributed by atoms with Gasteiger partial charge in [0.05, 0.1) is 5.56 Å². The molecule has 5 heteroatoms. The lowest BCUT2D eigenvalue weighted by Crippen LogP contribution is -2.07. The van der Waals surface area contributed by atoms with E-state index in [1.165, 1.54) is 25.1 Å². The van der Waals surface area contributed by atoms with E-state index in [4.69, 9.17) is 0 Å². The van der Waals surface area contributed by atoms with Gasteiger partial charge in [0.1, 0.15) is 5.75 Å². The number of carbonyl (C=O) groups excluding carboxylic acids is 2. The normalized spacial score (nSPS) is 10.1. The average Bonchev–Trinajstić information content (AvgIpc) is 2.16. The molecule has 0 atom stereocenters. The first-order valence-corrected chi connectivity index (χ1v) is 4.10. The van der Waals surface area contributed by atoms with E-state index in [1.807, 2.05) is 0 Å². The van der Waals surface area contributed by atoms with Gasteiger partial charge in [-0.25, -0.2) is 0 Å². The van der Waals surface area contributed by atoms with Crippen molar-refractivity contribution in [1.29, 1.82) is 0 Å². The van der Waals surface area contributed by atoms with Crippen LogP contribution in [0.15, 0.2) is 18.2 Å². The molecule has 0 aliphatic carbocycles. The summed E-state index contributed by atoms with van der Waals surface area (Å²) in [5.41, 5.74) is -0.0755. The molecular weight excluding hydrogens is 206 g/mol.